The fraction of sp³-hybridized carbons (Fsp3) is 0.625. The SMILES string of the molecule is Cc1csc(SCCC(O)CN)n1. The first-order valence-corrected chi connectivity index (χ1v) is 6.02. The lowest BCUT2D eigenvalue weighted by molar-refractivity contribution is 0.180. The van der Waals surface area contributed by atoms with Gasteiger partial charge in [-0.3, -0.25) is 0 Å². The standard InChI is InChI=1S/C8H14N2OS2/c1-6-5-13-8(10-6)12-3-2-7(11)4-9/h5,7,11H,2-4,9H2,1H3. The molecular formula is C8H14N2OS2. The number of hydrogen-bond donors (Lipinski definition) is 2. The largest absolute Gasteiger partial charge is 0.392 e. The van der Waals surface area contributed by atoms with Crippen LogP contribution in [-0.4, -0.2) is 28.5 Å². The van der Waals surface area contributed by atoms with Gasteiger partial charge in [0.25, 0.3) is 0 Å². The Hall–Kier alpha value is -0.100. The first-order valence-electron chi connectivity index (χ1n) is 4.15. The van der Waals surface area contributed by atoms with Gasteiger partial charge >= 0.3 is 0 Å². The summed E-state index contributed by atoms with van der Waals surface area (Å²) in [6.45, 7) is 2.33. The quantitative estimate of drug-likeness (QED) is 0.730. The zero-order chi connectivity index (χ0) is 9.68. The molecule has 0 aliphatic rings. The summed E-state index contributed by atoms with van der Waals surface area (Å²) in [5.41, 5.74) is 6.35. The third-order valence-electron chi connectivity index (χ3n) is 1.55. The number of aliphatic hydroxyl groups is 1. The van der Waals surface area contributed by atoms with Crippen molar-refractivity contribution in [2.75, 3.05) is 12.3 Å². The highest BCUT2D eigenvalue weighted by Crippen LogP contribution is 2.22. The van der Waals surface area contributed by atoms with Crippen LogP contribution >= 0.6 is 23.1 Å². The van der Waals surface area contributed by atoms with Crippen molar-refractivity contribution in [2.45, 2.75) is 23.8 Å². The second-order valence-electron chi connectivity index (χ2n) is 2.78. The van der Waals surface area contributed by atoms with E-state index in [9.17, 15) is 5.11 Å². The molecule has 3 nitrogen and oxygen atoms in total. The Balaban J connectivity index is 2.20. The predicted molar refractivity (Wildman–Crippen MR) is 57.3 cm³/mol. The van der Waals surface area contributed by atoms with Crippen LogP contribution in [0.3, 0.4) is 0 Å². The second-order valence-corrected chi connectivity index (χ2v) is 4.98. The molecule has 0 radical (unpaired) electrons. The van der Waals surface area contributed by atoms with E-state index in [-0.39, 0.29) is 6.10 Å². The normalized spacial score (nSPS) is 13.2. The molecule has 0 bridgehead atoms. The highest BCUT2D eigenvalue weighted by atomic mass is 32.2. The molecule has 13 heavy (non-hydrogen) atoms. The monoisotopic (exact) mass is 218 g/mol. The van der Waals surface area contributed by atoms with Gasteiger partial charge in [0.1, 0.15) is 4.34 Å². The van der Waals surface area contributed by atoms with Crippen LogP contribution in [-0.2, 0) is 0 Å². The summed E-state index contributed by atoms with van der Waals surface area (Å²) in [5.74, 6) is 0.880. The number of nitrogens with two attached hydrogens (primary N) is 1. The molecule has 1 heterocycles. The van der Waals surface area contributed by atoms with Gasteiger partial charge in [-0.15, -0.1) is 11.3 Å². The molecule has 0 spiro atoms. The average Bonchev–Trinajstić information content (AvgIpc) is 2.51. The minimum atomic E-state index is -0.367. The van der Waals surface area contributed by atoms with Crippen molar-refractivity contribution in [1.29, 1.82) is 0 Å². The number of nitrogens with zero attached hydrogens (tertiary/aromatic N) is 1. The van der Waals surface area contributed by atoms with Crippen LogP contribution in [0.25, 0.3) is 0 Å². The summed E-state index contributed by atoms with van der Waals surface area (Å²) in [6.07, 6.45) is 0.369. The number of aromatic nitrogens is 1. The molecule has 0 amide bonds. The molecule has 0 fully saturated rings. The number of hydrogen-bond acceptors (Lipinski definition) is 5. The number of aryl methyl sites for hydroxylation is 1. The molecule has 0 aromatic carbocycles. The molecule has 5 heteroatoms. The van der Waals surface area contributed by atoms with Crippen LogP contribution in [0, 0.1) is 6.92 Å². The van der Waals surface area contributed by atoms with Gasteiger partial charge in [-0.2, -0.15) is 0 Å². The van der Waals surface area contributed by atoms with E-state index in [2.05, 4.69) is 4.98 Å². The Kier molecular flexibility index (Phi) is 4.72. The third kappa shape index (κ3) is 4.08. The summed E-state index contributed by atoms with van der Waals surface area (Å²) in [6, 6.07) is 0. The fourth-order valence-electron chi connectivity index (χ4n) is 0.799. The number of thiazole rings is 1. The Morgan fingerprint density at radius 1 is 1.77 bits per heavy atom. The van der Waals surface area contributed by atoms with Gasteiger partial charge in [-0.25, -0.2) is 4.98 Å². The van der Waals surface area contributed by atoms with E-state index >= 15 is 0 Å². The minimum absolute atomic E-state index is 0.345. The molecule has 1 aromatic heterocycles. The van der Waals surface area contributed by atoms with Crippen LogP contribution < -0.4 is 5.73 Å². The first kappa shape index (κ1) is 11.0. The fourth-order valence-corrected chi connectivity index (χ4v) is 2.76. The highest BCUT2D eigenvalue weighted by molar-refractivity contribution is 8.01. The van der Waals surface area contributed by atoms with Crippen LogP contribution in [0.4, 0.5) is 0 Å². The molecule has 1 unspecified atom stereocenters. The Labute approximate surface area is 86.4 Å². The average molecular weight is 218 g/mol. The summed E-state index contributed by atoms with van der Waals surface area (Å²) in [5, 5.41) is 11.2. The van der Waals surface area contributed by atoms with Gasteiger partial charge in [0.05, 0.1) is 6.10 Å². The second kappa shape index (κ2) is 5.59. The highest BCUT2D eigenvalue weighted by Gasteiger charge is 2.03. The van der Waals surface area contributed by atoms with Crippen molar-refractivity contribution in [1.82, 2.24) is 4.98 Å². The van der Waals surface area contributed by atoms with E-state index in [1.807, 2.05) is 12.3 Å². The van der Waals surface area contributed by atoms with Crippen LogP contribution in [0.2, 0.25) is 0 Å². The Bertz CT molecular complexity index is 252. The topological polar surface area (TPSA) is 59.1 Å². The summed E-state index contributed by atoms with van der Waals surface area (Å²) in [7, 11) is 0. The summed E-state index contributed by atoms with van der Waals surface area (Å²) >= 11 is 3.32. The van der Waals surface area contributed by atoms with Crippen molar-refractivity contribution in [3.05, 3.63) is 11.1 Å². The molecule has 0 saturated heterocycles. The van der Waals surface area contributed by atoms with Gasteiger partial charge in [0.2, 0.25) is 0 Å². The maximum absolute atomic E-state index is 9.19. The smallest absolute Gasteiger partial charge is 0.150 e. The number of rotatable bonds is 5. The summed E-state index contributed by atoms with van der Waals surface area (Å²) in [4.78, 5) is 4.30. The molecule has 1 atom stereocenters. The zero-order valence-corrected chi connectivity index (χ0v) is 9.20. The van der Waals surface area contributed by atoms with Gasteiger partial charge in [0.15, 0.2) is 0 Å². The number of thioether (sulfide) groups is 1. The lowest BCUT2D eigenvalue weighted by Crippen LogP contribution is -2.19. The van der Waals surface area contributed by atoms with E-state index in [1.165, 1.54) is 0 Å². The lowest BCUT2D eigenvalue weighted by Gasteiger charge is -2.04. The van der Waals surface area contributed by atoms with E-state index in [4.69, 9.17) is 5.73 Å². The summed E-state index contributed by atoms with van der Waals surface area (Å²) < 4.78 is 1.07. The maximum Gasteiger partial charge on any atom is 0.150 e. The minimum Gasteiger partial charge on any atom is -0.392 e. The van der Waals surface area contributed by atoms with E-state index in [0.29, 0.717) is 6.54 Å². The van der Waals surface area contributed by atoms with E-state index < -0.39 is 0 Å². The maximum atomic E-state index is 9.19. The molecular weight excluding hydrogens is 204 g/mol. The van der Waals surface area contributed by atoms with Crippen LogP contribution in [0.5, 0.6) is 0 Å². The van der Waals surface area contributed by atoms with Crippen molar-refractivity contribution < 1.29 is 5.11 Å². The van der Waals surface area contributed by atoms with Gasteiger partial charge in [-0.1, -0.05) is 11.8 Å². The van der Waals surface area contributed by atoms with Crippen LogP contribution in [0.15, 0.2) is 9.72 Å². The Morgan fingerprint density at radius 2 is 2.54 bits per heavy atom. The van der Waals surface area contributed by atoms with Crippen molar-refractivity contribution >= 4 is 23.1 Å². The lowest BCUT2D eigenvalue weighted by atomic mass is 10.3. The third-order valence-corrected chi connectivity index (χ3v) is 3.72. The Morgan fingerprint density at radius 3 is 3.08 bits per heavy atom. The van der Waals surface area contributed by atoms with Gasteiger partial charge in [0, 0.05) is 23.4 Å². The molecule has 74 valence electrons. The van der Waals surface area contributed by atoms with Gasteiger partial charge in [-0.05, 0) is 13.3 Å². The van der Waals surface area contributed by atoms with Crippen molar-refractivity contribution in [3.63, 3.8) is 0 Å². The van der Waals surface area contributed by atoms with E-state index in [0.717, 1.165) is 22.2 Å². The molecule has 1 aromatic rings. The first-order chi connectivity index (χ1) is 6.22. The molecule has 1 rings (SSSR count). The zero-order valence-electron chi connectivity index (χ0n) is 7.56. The predicted octanol–water partition coefficient (Wildman–Crippen LogP) is 1.25. The molecule has 0 aliphatic heterocycles. The molecule has 3 N–H and O–H groups in total. The van der Waals surface area contributed by atoms with Crippen LogP contribution in [0.1, 0.15) is 12.1 Å². The van der Waals surface area contributed by atoms with Crippen molar-refractivity contribution in [2.24, 2.45) is 5.73 Å². The molecule has 0 aliphatic carbocycles. The van der Waals surface area contributed by atoms with E-state index in [1.54, 1.807) is 23.1 Å². The number of aliphatic hydroxyl groups excluding tert-OH is 1. The van der Waals surface area contributed by atoms with Gasteiger partial charge < -0.3 is 10.8 Å². The van der Waals surface area contributed by atoms with Crippen molar-refractivity contribution in [3.8, 4) is 0 Å². The molecule has 0 saturated carbocycles.